The van der Waals surface area contributed by atoms with Crippen LogP contribution in [0.4, 0.5) is 5.69 Å². The van der Waals surface area contributed by atoms with Gasteiger partial charge in [0.1, 0.15) is 0 Å². The van der Waals surface area contributed by atoms with E-state index in [1.165, 1.54) is 0 Å². The van der Waals surface area contributed by atoms with Gasteiger partial charge in [-0.1, -0.05) is 42.5 Å². The van der Waals surface area contributed by atoms with Gasteiger partial charge in [-0.3, -0.25) is 4.79 Å². The number of ether oxygens (including phenoxy) is 1. The molecular weight excluding hydrogens is 264 g/mol. The lowest BCUT2D eigenvalue weighted by molar-refractivity contribution is 0.0764. The van der Waals surface area contributed by atoms with E-state index >= 15 is 0 Å². The summed E-state index contributed by atoms with van der Waals surface area (Å²) in [4.78, 5) is 18.9. The number of rotatable bonds is 2. The predicted molar refractivity (Wildman–Crippen MR) is 81.7 cm³/mol. The van der Waals surface area contributed by atoms with Crippen LogP contribution < -0.4 is 0 Å². The fraction of sp³-hybridized carbons (Fsp3) is 0.176. The number of aliphatic imine (C=N–C) groups is 1. The molecule has 106 valence electrons. The van der Waals surface area contributed by atoms with E-state index < -0.39 is 0 Å². The van der Waals surface area contributed by atoms with Crippen molar-refractivity contribution in [1.29, 1.82) is 0 Å². The van der Waals surface area contributed by atoms with Gasteiger partial charge in [0.15, 0.2) is 0 Å². The van der Waals surface area contributed by atoms with Crippen molar-refractivity contribution in [2.24, 2.45) is 4.99 Å². The van der Waals surface area contributed by atoms with Crippen molar-refractivity contribution in [2.45, 2.75) is 6.54 Å². The zero-order valence-electron chi connectivity index (χ0n) is 11.8. The third kappa shape index (κ3) is 2.79. The molecule has 1 aliphatic rings. The molecule has 3 rings (SSSR count). The highest BCUT2D eigenvalue weighted by molar-refractivity contribution is 6.03. The molecule has 4 heteroatoms. The summed E-state index contributed by atoms with van der Waals surface area (Å²) >= 11 is 0. The van der Waals surface area contributed by atoms with E-state index in [0.29, 0.717) is 30.2 Å². The first-order valence-electron chi connectivity index (χ1n) is 6.81. The molecule has 1 heterocycles. The van der Waals surface area contributed by atoms with Crippen LogP contribution in [0.1, 0.15) is 15.9 Å². The van der Waals surface area contributed by atoms with E-state index in [0.717, 1.165) is 5.56 Å². The van der Waals surface area contributed by atoms with Crippen LogP contribution in [0.2, 0.25) is 0 Å². The maximum atomic E-state index is 12.7. The number of methoxy groups -OCH3 is 1. The van der Waals surface area contributed by atoms with Crippen LogP contribution in [0.25, 0.3) is 0 Å². The highest BCUT2D eigenvalue weighted by atomic mass is 16.5. The van der Waals surface area contributed by atoms with Crippen molar-refractivity contribution in [3.05, 3.63) is 65.7 Å². The molecule has 21 heavy (non-hydrogen) atoms. The summed E-state index contributed by atoms with van der Waals surface area (Å²) in [6.45, 7) is 0.912. The van der Waals surface area contributed by atoms with Gasteiger partial charge >= 0.3 is 0 Å². The van der Waals surface area contributed by atoms with Gasteiger partial charge in [-0.25, -0.2) is 4.99 Å². The number of nitrogens with zero attached hydrogens (tertiary/aromatic N) is 2. The standard InChI is InChI=1S/C17H16N2O2/c1-21-16-12-19(11-13-7-3-2-4-8-13)17(20)14-9-5-6-10-15(14)18-16/h2-10H,11-12H2,1H3. The molecule has 0 radical (unpaired) electrons. The van der Waals surface area contributed by atoms with Crippen molar-refractivity contribution in [2.75, 3.05) is 13.7 Å². The van der Waals surface area contributed by atoms with Gasteiger partial charge in [0, 0.05) is 6.54 Å². The average Bonchev–Trinajstić information content (AvgIpc) is 2.66. The number of hydrogen-bond donors (Lipinski definition) is 0. The van der Waals surface area contributed by atoms with Crippen molar-refractivity contribution < 1.29 is 9.53 Å². The van der Waals surface area contributed by atoms with Gasteiger partial charge in [0.2, 0.25) is 5.90 Å². The Balaban J connectivity index is 1.95. The summed E-state index contributed by atoms with van der Waals surface area (Å²) in [5.74, 6) is 0.523. The summed E-state index contributed by atoms with van der Waals surface area (Å²) in [5, 5.41) is 0. The third-order valence-corrected chi connectivity index (χ3v) is 3.44. The van der Waals surface area contributed by atoms with Gasteiger partial charge in [-0.15, -0.1) is 0 Å². The van der Waals surface area contributed by atoms with Crippen LogP contribution in [0.3, 0.4) is 0 Å². The number of amides is 1. The first kappa shape index (κ1) is 13.4. The van der Waals surface area contributed by atoms with E-state index in [4.69, 9.17) is 4.74 Å². The van der Waals surface area contributed by atoms with Gasteiger partial charge in [0.05, 0.1) is 24.9 Å². The SMILES string of the molecule is COC1=Nc2ccccc2C(=O)N(Cc2ccccc2)C1. The fourth-order valence-electron chi connectivity index (χ4n) is 2.37. The smallest absolute Gasteiger partial charge is 0.256 e. The lowest BCUT2D eigenvalue weighted by Gasteiger charge is -2.21. The Morgan fingerprint density at radius 2 is 1.81 bits per heavy atom. The second-order valence-electron chi connectivity index (χ2n) is 4.87. The van der Waals surface area contributed by atoms with Gasteiger partial charge < -0.3 is 9.64 Å². The van der Waals surface area contributed by atoms with Crippen LogP contribution in [-0.2, 0) is 11.3 Å². The number of carbonyl (C=O) groups excluding carboxylic acids is 1. The fourth-order valence-corrected chi connectivity index (χ4v) is 2.37. The van der Waals surface area contributed by atoms with Crippen molar-refractivity contribution >= 4 is 17.5 Å². The quantitative estimate of drug-likeness (QED) is 0.848. The molecule has 0 saturated carbocycles. The highest BCUT2D eigenvalue weighted by Crippen LogP contribution is 2.24. The second kappa shape index (κ2) is 5.79. The molecule has 2 aromatic rings. The molecule has 0 bridgehead atoms. The Bertz CT molecular complexity index is 680. The van der Waals surface area contributed by atoms with E-state index in [1.807, 2.05) is 48.5 Å². The largest absolute Gasteiger partial charge is 0.483 e. The molecule has 1 amide bonds. The minimum absolute atomic E-state index is 0.0229. The molecule has 0 spiro atoms. The molecule has 0 unspecified atom stereocenters. The molecule has 4 nitrogen and oxygen atoms in total. The lowest BCUT2D eigenvalue weighted by atomic mass is 10.1. The summed E-state index contributed by atoms with van der Waals surface area (Å²) in [6, 6.07) is 17.3. The van der Waals surface area contributed by atoms with E-state index in [9.17, 15) is 4.79 Å². The minimum Gasteiger partial charge on any atom is -0.483 e. The molecule has 2 aromatic carbocycles. The maximum Gasteiger partial charge on any atom is 0.256 e. The molecule has 1 aliphatic heterocycles. The van der Waals surface area contributed by atoms with E-state index in [2.05, 4.69) is 4.99 Å². The van der Waals surface area contributed by atoms with Crippen LogP contribution in [-0.4, -0.2) is 30.4 Å². The topological polar surface area (TPSA) is 41.9 Å². The van der Waals surface area contributed by atoms with Gasteiger partial charge in [-0.2, -0.15) is 0 Å². The molecule has 0 aliphatic carbocycles. The minimum atomic E-state index is -0.0229. The second-order valence-corrected chi connectivity index (χ2v) is 4.87. The van der Waals surface area contributed by atoms with Crippen molar-refractivity contribution in [1.82, 2.24) is 4.90 Å². The predicted octanol–water partition coefficient (Wildman–Crippen LogP) is 3.02. The number of hydrogen-bond acceptors (Lipinski definition) is 3. The highest BCUT2D eigenvalue weighted by Gasteiger charge is 2.24. The Labute approximate surface area is 123 Å². The average molecular weight is 280 g/mol. The number of fused-ring (bicyclic) bond motifs is 1. The summed E-state index contributed by atoms with van der Waals surface area (Å²) < 4.78 is 5.30. The summed E-state index contributed by atoms with van der Waals surface area (Å²) in [7, 11) is 1.58. The molecule has 0 atom stereocenters. The maximum absolute atomic E-state index is 12.7. The number of benzene rings is 2. The van der Waals surface area contributed by atoms with Crippen molar-refractivity contribution in [3.63, 3.8) is 0 Å². The van der Waals surface area contributed by atoms with E-state index in [-0.39, 0.29) is 5.91 Å². The van der Waals surface area contributed by atoms with Gasteiger partial charge in [-0.05, 0) is 17.7 Å². The van der Waals surface area contributed by atoms with Crippen LogP contribution in [0, 0.1) is 0 Å². The normalized spacial score (nSPS) is 14.2. The Morgan fingerprint density at radius 3 is 2.57 bits per heavy atom. The monoisotopic (exact) mass is 280 g/mol. The molecule has 0 N–H and O–H groups in total. The zero-order valence-corrected chi connectivity index (χ0v) is 11.8. The molecule has 0 saturated heterocycles. The van der Waals surface area contributed by atoms with Crippen LogP contribution in [0.5, 0.6) is 0 Å². The van der Waals surface area contributed by atoms with Crippen LogP contribution in [0.15, 0.2) is 59.6 Å². The Morgan fingerprint density at radius 1 is 1.10 bits per heavy atom. The summed E-state index contributed by atoms with van der Waals surface area (Å²) in [5.41, 5.74) is 2.36. The lowest BCUT2D eigenvalue weighted by Crippen LogP contribution is -2.34. The van der Waals surface area contributed by atoms with Crippen LogP contribution >= 0.6 is 0 Å². The molecule has 0 aromatic heterocycles. The van der Waals surface area contributed by atoms with E-state index in [1.54, 1.807) is 18.1 Å². The number of carbonyl (C=O) groups is 1. The van der Waals surface area contributed by atoms with Gasteiger partial charge in [0.25, 0.3) is 5.91 Å². The zero-order chi connectivity index (χ0) is 14.7. The van der Waals surface area contributed by atoms with Crippen molar-refractivity contribution in [3.8, 4) is 0 Å². The first-order chi connectivity index (χ1) is 10.3. The molecular formula is C17H16N2O2. The number of para-hydroxylation sites is 1. The molecule has 0 fully saturated rings. The Hall–Kier alpha value is -2.62. The Kier molecular flexibility index (Phi) is 3.69. The third-order valence-electron chi connectivity index (χ3n) is 3.44. The summed E-state index contributed by atoms with van der Waals surface area (Å²) in [6.07, 6.45) is 0. The first-order valence-corrected chi connectivity index (χ1v) is 6.81.